The minimum Gasteiger partial charge on any atom is -0.337 e. The minimum absolute atomic E-state index is 0.0640. The standard InChI is InChI=1S/C14H20N6O2/c1-10-12(18-22-17-10)7-16-14(21)20-5-3-11(4-6-20)13-8-15-9-19(13)2/h8-9,11H,3-7H2,1-2H3,(H,16,21). The molecule has 0 bridgehead atoms. The number of aromatic nitrogens is 4. The number of carbonyl (C=O) groups is 1. The molecule has 0 unspecified atom stereocenters. The van der Waals surface area contributed by atoms with Gasteiger partial charge < -0.3 is 14.8 Å². The summed E-state index contributed by atoms with van der Waals surface area (Å²) in [6, 6.07) is -0.0640. The zero-order valence-electron chi connectivity index (χ0n) is 12.8. The summed E-state index contributed by atoms with van der Waals surface area (Å²) < 4.78 is 6.67. The van der Waals surface area contributed by atoms with Crippen LogP contribution >= 0.6 is 0 Å². The molecule has 0 atom stereocenters. The van der Waals surface area contributed by atoms with Gasteiger partial charge in [-0.1, -0.05) is 10.3 Å². The van der Waals surface area contributed by atoms with Crippen molar-refractivity contribution in [3.05, 3.63) is 29.6 Å². The number of hydrogen-bond acceptors (Lipinski definition) is 5. The zero-order valence-corrected chi connectivity index (χ0v) is 12.8. The number of imidazole rings is 1. The maximum atomic E-state index is 12.2. The van der Waals surface area contributed by atoms with Crippen LogP contribution in [-0.2, 0) is 13.6 Å². The number of urea groups is 1. The van der Waals surface area contributed by atoms with E-state index in [1.807, 2.05) is 24.5 Å². The Labute approximate surface area is 128 Å². The van der Waals surface area contributed by atoms with E-state index in [4.69, 9.17) is 0 Å². The second kappa shape index (κ2) is 6.17. The van der Waals surface area contributed by atoms with Crippen LogP contribution in [0.4, 0.5) is 4.79 Å². The molecule has 1 fully saturated rings. The first kappa shape index (κ1) is 14.6. The maximum absolute atomic E-state index is 12.2. The van der Waals surface area contributed by atoms with Crippen molar-refractivity contribution < 1.29 is 9.42 Å². The zero-order chi connectivity index (χ0) is 15.5. The monoisotopic (exact) mass is 304 g/mol. The van der Waals surface area contributed by atoms with Crippen molar-refractivity contribution in [3.8, 4) is 0 Å². The highest BCUT2D eigenvalue weighted by molar-refractivity contribution is 5.74. The number of nitrogens with one attached hydrogen (secondary N) is 1. The predicted molar refractivity (Wildman–Crippen MR) is 78.0 cm³/mol. The third-order valence-corrected chi connectivity index (χ3v) is 4.21. The van der Waals surface area contributed by atoms with E-state index in [2.05, 4.69) is 29.8 Å². The van der Waals surface area contributed by atoms with Gasteiger partial charge in [0.15, 0.2) is 0 Å². The van der Waals surface area contributed by atoms with Crippen molar-refractivity contribution in [1.82, 2.24) is 30.1 Å². The lowest BCUT2D eigenvalue weighted by atomic mass is 9.94. The quantitative estimate of drug-likeness (QED) is 0.920. The maximum Gasteiger partial charge on any atom is 0.317 e. The van der Waals surface area contributed by atoms with Crippen molar-refractivity contribution in [2.45, 2.75) is 32.2 Å². The van der Waals surface area contributed by atoms with Crippen molar-refractivity contribution in [3.63, 3.8) is 0 Å². The first-order valence-corrected chi connectivity index (χ1v) is 7.42. The summed E-state index contributed by atoms with van der Waals surface area (Å²) in [6.45, 7) is 3.64. The third-order valence-electron chi connectivity index (χ3n) is 4.21. The Hall–Kier alpha value is -2.38. The molecule has 0 radical (unpaired) electrons. The van der Waals surface area contributed by atoms with Crippen LogP contribution in [0.15, 0.2) is 17.2 Å². The lowest BCUT2D eigenvalue weighted by Crippen LogP contribution is -2.44. The molecule has 1 aliphatic rings. The fraction of sp³-hybridized carbons (Fsp3) is 0.571. The first-order chi connectivity index (χ1) is 10.6. The molecule has 0 spiro atoms. The summed E-state index contributed by atoms with van der Waals surface area (Å²) in [6.07, 6.45) is 5.65. The molecular weight excluding hydrogens is 284 g/mol. The minimum atomic E-state index is -0.0640. The second-order valence-corrected chi connectivity index (χ2v) is 5.65. The van der Waals surface area contributed by atoms with Crippen LogP contribution in [0.2, 0.25) is 0 Å². The van der Waals surface area contributed by atoms with E-state index in [1.165, 1.54) is 5.69 Å². The van der Waals surface area contributed by atoms with Crippen LogP contribution in [0, 0.1) is 6.92 Å². The summed E-state index contributed by atoms with van der Waals surface area (Å²) in [5.41, 5.74) is 2.61. The van der Waals surface area contributed by atoms with E-state index in [1.54, 1.807) is 6.92 Å². The van der Waals surface area contributed by atoms with Crippen LogP contribution in [0.5, 0.6) is 0 Å². The van der Waals surface area contributed by atoms with Crippen LogP contribution in [0.25, 0.3) is 0 Å². The molecule has 1 saturated heterocycles. The summed E-state index contributed by atoms with van der Waals surface area (Å²) in [5, 5.41) is 10.3. The number of likely N-dealkylation sites (tertiary alicyclic amines) is 1. The van der Waals surface area contributed by atoms with Crippen molar-refractivity contribution >= 4 is 6.03 Å². The molecular formula is C14H20N6O2. The Morgan fingerprint density at radius 3 is 2.77 bits per heavy atom. The Morgan fingerprint density at radius 2 is 2.18 bits per heavy atom. The Kier molecular flexibility index (Phi) is 4.08. The van der Waals surface area contributed by atoms with Gasteiger partial charge in [0.05, 0.1) is 12.9 Å². The lowest BCUT2D eigenvalue weighted by Gasteiger charge is -2.32. The normalized spacial score (nSPS) is 16.0. The van der Waals surface area contributed by atoms with E-state index in [9.17, 15) is 4.79 Å². The predicted octanol–water partition coefficient (Wildman–Crippen LogP) is 1.20. The molecule has 0 saturated carbocycles. The molecule has 0 aliphatic carbocycles. The summed E-state index contributed by atoms with van der Waals surface area (Å²) >= 11 is 0. The largest absolute Gasteiger partial charge is 0.337 e. The van der Waals surface area contributed by atoms with E-state index < -0.39 is 0 Å². The van der Waals surface area contributed by atoms with Gasteiger partial charge in [-0.3, -0.25) is 0 Å². The molecule has 2 amide bonds. The highest BCUT2D eigenvalue weighted by atomic mass is 16.6. The first-order valence-electron chi connectivity index (χ1n) is 7.42. The van der Waals surface area contributed by atoms with Crippen molar-refractivity contribution in [2.75, 3.05) is 13.1 Å². The molecule has 1 N–H and O–H groups in total. The Balaban J connectivity index is 1.50. The van der Waals surface area contributed by atoms with Crippen LogP contribution in [0.3, 0.4) is 0 Å². The van der Waals surface area contributed by atoms with Gasteiger partial charge in [-0.25, -0.2) is 14.4 Å². The lowest BCUT2D eigenvalue weighted by molar-refractivity contribution is 0.180. The molecule has 1 aliphatic heterocycles. The second-order valence-electron chi connectivity index (χ2n) is 5.65. The number of aryl methyl sites for hydroxylation is 2. The van der Waals surface area contributed by atoms with Gasteiger partial charge in [0, 0.05) is 37.9 Å². The van der Waals surface area contributed by atoms with Gasteiger partial charge in [0.2, 0.25) is 0 Å². The number of rotatable bonds is 3. The summed E-state index contributed by atoms with van der Waals surface area (Å²) in [5.74, 6) is 0.471. The van der Waals surface area contributed by atoms with E-state index in [-0.39, 0.29) is 6.03 Å². The summed E-state index contributed by atoms with van der Waals surface area (Å²) in [4.78, 5) is 18.2. The fourth-order valence-electron chi connectivity index (χ4n) is 2.82. The third kappa shape index (κ3) is 2.95. The van der Waals surface area contributed by atoms with Gasteiger partial charge >= 0.3 is 6.03 Å². The number of amides is 2. The number of piperidine rings is 1. The molecule has 8 heteroatoms. The molecule has 22 heavy (non-hydrogen) atoms. The fourth-order valence-corrected chi connectivity index (χ4v) is 2.82. The number of hydrogen-bond donors (Lipinski definition) is 1. The van der Waals surface area contributed by atoms with Crippen LogP contribution < -0.4 is 5.32 Å². The van der Waals surface area contributed by atoms with Gasteiger partial charge in [0.1, 0.15) is 11.4 Å². The van der Waals surface area contributed by atoms with Crippen LogP contribution in [-0.4, -0.2) is 43.9 Å². The number of nitrogens with zero attached hydrogens (tertiary/aromatic N) is 5. The average Bonchev–Trinajstić information content (AvgIpc) is 3.13. The van der Waals surface area contributed by atoms with E-state index in [0.29, 0.717) is 23.9 Å². The van der Waals surface area contributed by atoms with Crippen LogP contribution in [0.1, 0.15) is 35.8 Å². The van der Waals surface area contributed by atoms with Crippen molar-refractivity contribution in [1.29, 1.82) is 0 Å². The smallest absolute Gasteiger partial charge is 0.317 e. The molecule has 3 heterocycles. The SMILES string of the molecule is Cc1nonc1CNC(=O)N1CCC(c2cncn2C)CC1. The molecule has 2 aromatic heterocycles. The van der Waals surface area contributed by atoms with E-state index >= 15 is 0 Å². The molecule has 118 valence electrons. The Bertz CT molecular complexity index is 641. The summed E-state index contributed by atoms with van der Waals surface area (Å²) in [7, 11) is 2.01. The average molecular weight is 304 g/mol. The van der Waals surface area contributed by atoms with Gasteiger partial charge in [-0.2, -0.15) is 0 Å². The number of carbonyl (C=O) groups excluding carboxylic acids is 1. The molecule has 3 rings (SSSR count). The van der Waals surface area contributed by atoms with Gasteiger partial charge in [0.25, 0.3) is 0 Å². The highest BCUT2D eigenvalue weighted by Crippen LogP contribution is 2.27. The van der Waals surface area contributed by atoms with Gasteiger partial charge in [-0.05, 0) is 19.8 Å². The molecule has 2 aromatic rings. The molecule has 0 aromatic carbocycles. The van der Waals surface area contributed by atoms with E-state index in [0.717, 1.165) is 25.9 Å². The topological polar surface area (TPSA) is 89.1 Å². The van der Waals surface area contributed by atoms with Crippen molar-refractivity contribution in [2.24, 2.45) is 7.05 Å². The Morgan fingerprint density at radius 1 is 1.41 bits per heavy atom. The molecule has 8 nitrogen and oxygen atoms in total. The van der Waals surface area contributed by atoms with Gasteiger partial charge in [-0.15, -0.1) is 0 Å². The highest BCUT2D eigenvalue weighted by Gasteiger charge is 2.25.